The lowest BCUT2D eigenvalue weighted by molar-refractivity contribution is 0.0697. The molecule has 0 aliphatic rings. The Balaban J connectivity index is 2.49. The van der Waals surface area contributed by atoms with Crippen molar-refractivity contribution in [2.45, 2.75) is 33.2 Å². The van der Waals surface area contributed by atoms with Crippen LogP contribution in [0.4, 0.5) is 0 Å². The van der Waals surface area contributed by atoms with Crippen molar-refractivity contribution in [3.05, 3.63) is 29.6 Å². The molecule has 0 aliphatic carbocycles. The lowest BCUT2D eigenvalue weighted by atomic mass is 10.2. The molecule has 0 spiro atoms. The Morgan fingerprint density at radius 3 is 2.80 bits per heavy atom. The van der Waals surface area contributed by atoms with Crippen molar-refractivity contribution in [2.75, 3.05) is 13.2 Å². The summed E-state index contributed by atoms with van der Waals surface area (Å²) in [6.07, 6.45) is 0.799. The molecule has 0 aliphatic heterocycles. The molecule has 0 bridgehead atoms. The normalized spacial score (nSPS) is 12.8. The van der Waals surface area contributed by atoms with Gasteiger partial charge in [0.05, 0.1) is 29.2 Å². The van der Waals surface area contributed by atoms with E-state index in [0.29, 0.717) is 13.2 Å². The molecule has 1 N–H and O–H groups in total. The van der Waals surface area contributed by atoms with Crippen LogP contribution in [-0.4, -0.2) is 33.8 Å². The zero-order valence-electron chi connectivity index (χ0n) is 12.1. The minimum atomic E-state index is -0.929. The lowest BCUT2D eigenvalue weighted by Crippen LogP contribution is -2.14. The molecule has 1 atom stereocenters. The Morgan fingerprint density at radius 2 is 2.20 bits per heavy atom. The van der Waals surface area contributed by atoms with Crippen molar-refractivity contribution in [3.63, 3.8) is 0 Å². The van der Waals surface area contributed by atoms with Crippen molar-refractivity contribution in [1.82, 2.24) is 9.55 Å². The number of carbonyl (C=O) groups is 1. The summed E-state index contributed by atoms with van der Waals surface area (Å²) in [7, 11) is 0. The van der Waals surface area contributed by atoms with Gasteiger partial charge in [-0.15, -0.1) is 0 Å². The first-order valence-electron chi connectivity index (χ1n) is 6.90. The van der Waals surface area contributed by atoms with E-state index in [1.807, 2.05) is 19.9 Å². The summed E-state index contributed by atoms with van der Waals surface area (Å²) in [5, 5.41) is 9.05. The van der Waals surface area contributed by atoms with Crippen LogP contribution in [0, 0.1) is 0 Å². The third-order valence-corrected chi connectivity index (χ3v) is 3.33. The molecule has 0 saturated carbocycles. The fourth-order valence-corrected chi connectivity index (χ4v) is 2.39. The number of rotatable bonds is 6. The summed E-state index contributed by atoms with van der Waals surface area (Å²) < 4.78 is 7.62. The fraction of sp³-hybridized carbons (Fsp3) is 0.467. The average Bonchev–Trinajstić information content (AvgIpc) is 2.82. The van der Waals surface area contributed by atoms with Gasteiger partial charge in [0.1, 0.15) is 5.82 Å². The Hall–Kier alpha value is -1.88. The molecule has 2 aromatic rings. The zero-order valence-corrected chi connectivity index (χ0v) is 12.1. The van der Waals surface area contributed by atoms with Gasteiger partial charge < -0.3 is 14.4 Å². The number of imidazole rings is 1. The highest BCUT2D eigenvalue weighted by atomic mass is 16.5. The van der Waals surface area contributed by atoms with E-state index in [2.05, 4.69) is 16.5 Å². The number of aryl methyl sites for hydroxylation is 1. The van der Waals surface area contributed by atoms with Crippen molar-refractivity contribution in [1.29, 1.82) is 0 Å². The predicted molar refractivity (Wildman–Crippen MR) is 77.3 cm³/mol. The number of hydrogen-bond donors (Lipinski definition) is 1. The Labute approximate surface area is 118 Å². The fourth-order valence-electron chi connectivity index (χ4n) is 2.39. The standard InChI is InChI=1S/C15H20N2O3/c1-4-14-16-12-8-11(15(18)19)6-7-13(12)17(14)10(3)9-20-5-2/h6-8,10H,4-5,9H2,1-3H3,(H,18,19). The second-order valence-electron chi connectivity index (χ2n) is 4.77. The van der Waals surface area contributed by atoms with E-state index in [-0.39, 0.29) is 11.6 Å². The molecule has 1 aromatic heterocycles. The lowest BCUT2D eigenvalue weighted by Gasteiger charge is -2.17. The summed E-state index contributed by atoms with van der Waals surface area (Å²) >= 11 is 0. The van der Waals surface area contributed by atoms with Crippen LogP contribution in [0.15, 0.2) is 18.2 Å². The minimum absolute atomic E-state index is 0.172. The Morgan fingerprint density at radius 1 is 1.45 bits per heavy atom. The monoisotopic (exact) mass is 276 g/mol. The zero-order chi connectivity index (χ0) is 14.7. The molecule has 1 aromatic carbocycles. The number of fused-ring (bicyclic) bond motifs is 1. The largest absolute Gasteiger partial charge is 0.478 e. The van der Waals surface area contributed by atoms with E-state index in [0.717, 1.165) is 23.3 Å². The summed E-state index contributed by atoms with van der Waals surface area (Å²) in [6.45, 7) is 7.40. The first kappa shape index (κ1) is 14.5. The van der Waals surface area contributed by atoms with Gasteiger partial charge in [-0.25, -0.2) is 9.78 Å². The van der Waals surface area contributed by atoms with E-state index in [1.165, 1.54) is 0 Å². The number of nitrogens with zero attached hydrogens (tertiary/aromatic N) is 2. The van der Waals surface area contributed by atoms with Crippen molar-refractivity contribution < 1.29 is 14.6 Å². The highest BCUT2D eigenvalue weighted by Gasteiger charge is 2.16. The number of carboxylic acids is 1. The maximum atomic E-state index is 11.0. The molecule has 5 heteroatoms. The molecule has 0 radical (unpaired) electrons. The van der Waals surface area contributed by atoms with Crippen LogP contribution in [0.3, 0.4) is 0 Å². The van der Waals surface area contributed by atoms with Gasteiger partial charge in [-0.05, 0) is 32.0 Å². The van der Waals surface area contributed by atoms with Gasteiger partial charge in [-0.1, -0.05) is 6.92 Å². The van der Waals surface area contributed by atoms with Gasteiger partial charge in [-0.3, -0.25) is 0 Å². The van der Waals surface area contributed by atoms with Crippen molar-refractivity contribution >= 4 is 17.0 Å². The number of carboxylic acid groups (broad SMARTS) is 1. The first-order valence-corrected chi connectivity index (χ1v) is 6.90. The van der Waals surface area contributed by atoms with Crippen LogP contribution >= 0.6 is 0 Å². The van der Waals surface area contributed by atoms with E-state index in [4.69, 9.17) is 9.84 Å². The van der Waals surface area contributed by atoms with Crippen molar-refractivity contribution in [2.24, 2.45) is 0 Å². The summed E-state index contributed by atoms with van der Waals surface area (Å²) in [5.74, 6) is 0.0246. The SMILES string of the molecule is CCOCC(C)n1c(CC)nc2cc(C(=O)O)ccc21. The molecule has 108 valence electrons. The molecule has 0 amide bonds. The van der Waals surface area contributed by atoms with Gasteiger partial charge in [0, 0.05) is 13.0 Å². The smallest absolute Gasteiger partial charge is 0.335 e. The average molecular weight is 276 g/mol. The van der Waals surface area contributed by atoms with E-state index in [9.17, 15) is 4.79 Å². The molecule has 5 nitrogen and oxygen atoms in total. The highest BCUT2D eigenvalue weighted by Crippen LogP contribution is 2.23. The van der Waals surface area contributed by atoms with Crippen molar-refractivity contribution in [3.8, 4) is 0 Å². The minimum Gasteiger partial charge on any atom is -0.478 e. The maximum Gasteiger partial charge on any atom is 0.335 e. The molecule has 0 fully saturated rings. The molecule has 20 heavy (non-hydrogen) atoms. The van der Waals surface area contributed by atoms with E-state index >= 15 is 0 Å². The number of benzene rings is 1. The van der Waals surface area contributed by atoms with Crippen LogP contribution < -0.4 is 0 Å². The predicted octanol–water partition coefficient (Wildman–Crippen LogP) is 2.89. The van der Waals surface area contributed by atoms with Gasteiger partial charge in [0.15, 0.2) is 0 Å². The van der Waals surface area contributed by atoms with Crippen LogP contribution in [0.25, 0.3) is 11.0 Å². The second-order valence-corrected chi connectivity index (χ2v) is 4.77. The third kappa shape index (κ3) is 2.67. The quantitative estimate of drug-likeness (QED) is 0.881. The van der Waals surface area contributed by atoms with Crippen LogP contribution in [0.2, 0.25) is 0 Å². The number of ether oxygens (including phenoxy) is 1. The number of aromatic nitrogens is 2. The second kappa shape index (κ2) is 6.05. The molecule has 0 saturated heterocycles. The van der Waals surface area contributed by atoms with Crippen LogP contribution in [-0.2, 0) is 11.2 Å². The number of aromatic carboxylic acids is 1. The Kier molecular flexibility index (Phi) is 4.39. The summed E-state index contributed by atoms with van der Waals surface area (Å²) in [6, 6.07) is 5.25. The molecular weight excluding hydrogens is 256 g/mol. The van der Waals surface area contributed by atoms with Gasteiger partial charge in [-0.2, -0.15) is 0 Å². The van der Waals surface area contributed by atoms with E-state index in [1.54, 1.807) is 12.1 Å². The summed E-state index contributed by atoms with van der Waals surface area (Å²) in [5.41, 5.74) is 1.95. The Bertz CT molecular complexity index is 619. The topological polar surface area (TPSA) is 64.4 Å². The molecule has 1 heterocycles. The van der Waals surface area contributed by atoms with Crippen LogP contribution in [0.1, 0.15) is 43.0 Å². The first-order chi connectivity index (χ1) is 9.58. The number of hydrogen-bond acceptors (Lipinski definition) is 3. The van der Waals surface area contributed by atoms with Gasteiger partial charge in [0.2, 0.25) is 0 Å². The molecule has 2 rings (SSSR count). The van der Waals surface area contributed by atoms with Gasteiger partial charge in [0.25, 0.3) is 0 Å². The van der Waals surface area contributed by atoms with E-state index < -0.39 is 5.97 Å². The maximum absolute atomic E-state index is 11.0. The summed E-state index contributed by atoms with van der Waals surface area (Å²) in [4.78, 5) is 15.6. The van der Waals surface area contributed by atoms with Gasteiger partial charge >= 0.3 is 5.97 Å². The third-order valence-electron chi connectivity index (χ3n) is 3.33. The molecular formula is C15H20N2O3. The van der Waals surface area contributed by atoms with Crippen LogP contribution in [0.5, 0.6) is 0 Å². The highest BCUT2D eigenvalue weighted by molar-refractivity contribution is 5.92. The molecule has 1 unspecified atom stereocenters.